The first-order valence-corrected chi connectivity index (χ1v) is 11.1. The average Bonchev–Trinajstić information content (AvgIpc) is 2.98. The summed E-state index contributed by atoms with van der Waals surface area (Å²) in [6.07, 6.45) is 2.67. The second-order valence-electron chi connectivity index (χ2n) is 6.48. The van der Waals surface area contributed by atoms with E-state index >= 15 is 0 Å². The lowest BCUT2D eigenvalue weighted by atomic mass is 10.1. The van der Waals surface area contributed by atoms with Crippen LogP contribution in [0.15, 0.2) is 69.3 Å². The number of aromatic hydroxyl groups is 1. The SMILES string of the molecule is C=CCN1C(=O)/C(=C\c2cc([N+](=O)[O-])ccc2O)S/C1=N/S(=O)(=O)c1ccc(C)cc1. The predicted molar refractivity (Wildman–Crippen MR) is 118 cm³/mol. The van der Waals surface area contributed by atoms with Crippen molar-refractivity contribution in [3.05, 3.63) is 81.3 Å². The lowest BCUT2D eigenvalue weighted by molar-refractivity contribution is -0.384. The first-order chi connectivity index (χ1) is 14.6. The highest BCUT2D eigenvalue weighted by molar-refractivity contribution is 8.19. The topological polar surface area (TPSA) is 130 Å². The highest BCUT2D eigenvalue weighted by atomic mass is 32.2. The molecule has 1 amide bonds. The summed E-state index contributed by atoms with van der Waals surface area (Å²) in [6.45, 7) is 5.40. The van der Waals surface area contributed by atoms with Crippen LogP contribution in [0.1, 0.15) is 11.1 Å². The molecule has 31 heavy (non-hydrogen) atoms. The Morgan fingerprint density at radius 3 is 2.55 bits per heavy atom. The van der Waals surface area contributed by atoms with Crippen molar-refractivity contribution >= 4 is 44.6 Å². The van der Waals surface area contributed by atoms with E-state index in [0.29, 0.717) is 0 Å². The van der Waals surface area contributed by atoms with Gasteiger partial charge in [0.25, 0.3) is 21.6 Å². The number of phenolic OH excluding ortho intramolecular Hbond substituents is 1. The molecule has 1 aliphatic heterocycles. The molecule has 11 heteroatoms. The molecule has 1 aliphatic rings. The number of benzene rings is 2. The molecule has 2 aromatic carbocycles. The van der Waals surface area contributed by atoms with E-state index in [1.165, 1.54) is 24.3 Å². The van der Waals surface area contributed by atoms with Gasteiger partial charge in [-0.25, -0.2) is 0 Å². The van der Waals surface area contributed by atoms with E-state index in [1.807, 2.05) is 6.92 Å². The van der Waals surface area contributed by atoms with Crippen molar-refractivity contribution in [1.29, 1.82) is 0 Å². The number of thioether (sulfide) groups is 1. The molecule has 0 radical (unpaired) electrons. The van der Waals surface area contributed by atoms with Crippen LogP contribution in [-0.4, -0.2) is 41.0 Å². The summed E-state index contributed by atoms with van der Waals surface area (Å²) in [5.41, 5.74) is 0.664. The second-order valence-corrected chi connectivity index (χ2v) is 9.09. The molecule has 1 N–H and O–H groups in total. The molecular weight excluding hydrogens is 442 g/mol. The highest BCUT2D eigenvalue weighted by Gasteiger charge is 2.34. The fraction of sp³-hybridized carbons (Fsp3) is 0.100. The third kappa shape index (κ3) is 4.84. The second kappa shape index (κ2) is 8.74. The molecular formula is C20H17N3O6S2. The number of nitro groups is 1. The number of amidine groups is 1. The van der Waals surface area contributed by atoms with Crippen LogP contribution in [0.25, 0.3) is 6.08 Å². The van der Waals surface area contributed by atoms with Crippen molar-refractivity contribution < 1.29 is 23.2 Å². The van der Waals surface area contributed by atoms with Gasteiger partial charge < -0.3 is 5.11 Å². The molecule has 3 rings (SSSR count). The summed E-state index contributed by atoms with van der Waals surface area (Å²) in [5, 5.41) is 20.9. The molecule has 1 heterocycles. The summed E-state index contributed by atoms with van der Waals surface area (Å²) in [6, 6.07) is 9.51. The lowest BCUT2D eigenvalue weighted by Crippen LogP contribution is -2.29. The molecule has 0 aliphatic carbocycles. The minimum atomic E-state index is -4.08. The van der Waals surface area contributed by atoms with Crippen molar-refractivity contribution in [3.8, 4) is 5.75 Å². The van der Waals surface area contributed by atoms with E-state index in [-0.39, 0.29) is 38.5 Å². The Morgan fingerprint density at radius 2 is 1.94 bits per heavy atom. The number of sulfonamides is 1. The molecule has 1 fully saturated rings. The molecule has 0 bridgehead atoms. The van der Waals surface area contributed by atoms with Gasteiger partial charge in [-0.05, 0) is 43.0 Å². The van der Waals surface area contributed by atoms with Gasteiger partial charge in [0.1, 0.15) is 5.75 Å². The zero-order valence-corrected chi connectivity index (χ0v) is 17.9. The number of non-ortho nitro benzene ring substituents is 1. The highest BCUT2D eigenvalue weighted by Crippen LogP contribution is 2.35. The summed E-state index contributed by atoms with van der Waals surface area (Å²) in [4.78, 5) is 24.3. The van der Waals surface area contributed by atoms with Crippen LogP contribution < -0.4 is 0 Å². The number of amides is 1. The fourth-order valence-corrected chi connectivity index (χ4v) is 4.83. The van der Waals surface area contributed by atoms with Gasteiger partial charge in [-0.3, -0.25) is 19.8 Å². The zero-order valence-electron chi connectivity index (χ0n) is 16.3. The van der Waals surface area contributed by atoms with Gasteiger partial charge in [-0.1, -0.05) is 23.8 Å². The first kappa shape index (κ1) is 22.2. The normalized spacial score (nSPS) is 16.8. The molecule has 1 saturated heterocycles. The fourth-order valence-electron chi connectivity index (χ4n) is 2.64. The van der Waals surface area contributed by atoms with Gasteiger partial charge in [0, 0.05) is 24.2 Å². The molecule has 0 unspecified atom stereocenters. The van der Waals surface area contributed by atoms with Gasteiger partial charge in [-0.2, -0.15) is 8.42 Å². The van der Waals surface area contributed by atoms with Crippen LogP contribution >= 0.6 is 11.8 Å². The van der Waals surface area contributed by atoms with Crippen LogP contribution in [0.5, 0.6) is 5.75 Å². The summed E-state index contributed by atoms with van der Waals surface area (Å²) in [5.74, 6) is -0.826. The Morgan fingerprint density at radius 1 is 1.26 bits per heavy atom. The van der Waals surface area contributed by atoms with E-state index in [9.17, 15) is 28.4 Å². The van der Waals surface area contributed by atoms with Gasteiger partial charge in [0.2, 0.25) is 0 Å². The number of aryl methyl sites for hydroxylation is 1. The number of nitro benzene ring substituents is 1. The van der Waals surface area contributed by atoms with Crippen LogP contribution in [0.2, 0.25) is 0 Å². The zero-order chi connectivity index (χ0) is 22.8. The maximum atomic E-state index is 12.8. The maximum Gasteiger partial charge on any atom is 0.284 e. The molecule has 160 valence electrons. The summed E-state index contributed by atoms with van der Waals surface area (Å²) < 4.78 is 29.2. The first-order valence-electron chi connectivity index (χ1n) is 8.84. The number of carbonyl (C=O) groups is 1. The van der Waals surface area contributed by atoms with E-state index in [0.717, 1.165) is 40.4 Å². The molecule has 0 atom stereocenters. The van der Waals surface area contributed by atoms with E-state index in [1.54, 1.807) is 12.1 Å². The van der Waals surface area contributed by atoms with Crippen LogP contribution in [0.4, 0.5) is 5.69 Å². The Kier molecular flexibility index (Phi) is 6.27. The molecule has 0 saturated carbocycles. The van der Waals surface area contributed by atoms with Crippen LogP contribution in [0.3, 0.4) is 0 Å². The number of hydrogen-bond donors (Lipinski definition) is 1. The Bertz CT molecular complexity index is 1230. The predicted octanol–water partition coefficient (Wildman–Crippen LogP) is 3.46. The standard InChI is InChI=1S/C20H17N3O6S2/c1-3-10-22-19(25)18(12-14-11-15(23(26)27)6-9-17(14)24)30-20(22)21-31(28,29)16-7-4-13(2)5-8-16/h3-9,11-12,24H,1,10H2,2H3/b18-12+,21-20+. The maximum absolute atomic E-state index is 12.8. The lowest BCUT2D eigenvalue weighted by Gasteiger charge is -2.12. The number of phenols is 1. The van der Waals surface area contributed by atoms with Crippen molar-refractivity contribution in [3.63, 3.8) is 0 Å². The largest absolute Gasteiger partial charge is 0.507 e. The minimum absolute atomic E-state index is 0.00629. The molecule has 0 spiro atoms. The van der Waals surface area contributed by atoms with Gasteiger partial charge in [0.05, 0.1) is 14.7 Å². The number of hydrogen-bond acceptors (Lipinski definition) is 7. The Balaban J connectivity index is 2.03. The van der Waals surface area contributed by atoms with Gasteiger partial charge in [0.15, 0.2) is 5.17 Å². The average molecular weight is 460 g/mol. The Labute approximate surface area is 182 Å². The monoisotopic (exact) mass is 459 g/mol. The third-order valence-corrected chi connectivity index (χ3v) is 6.63. The third-order valence-electron chi connectivity index (χ3n) is 4.23. The van der Waals surface area contributed by atoms with Crippen LogP contribution in [-0.2, 0) is 14.8 Å². The van der Waals surface area contributed by atoms with Crippen LogP contribution in [0, 0.1) is 17.0 Å². The van der Waals surface area contributed by atoms with E-state index in [2.05, 4.69) is 11.0 Å². The number of carbonyl (C=O) groups excluding carboxylic acids is 1. The van der Waals surface area contributed by atoms with Gasteiger partial charge >= 0.3 is 0 Å². The van der Waals surface area contributed by atoms with Gasteiger partial charge in [-0.15, -0.1) is 11.0 Å². The van der Waals surface area contributed by atoms with E-state index < -0.39 is 20.9 Å². The quantitative estimate of drug-likeness (QED) is 0.303. The van der Waals surface area contributed by atoms with Crippen molar-refractivity contribution in [1.82, 2.24) is 4.90 Å². The number of nitrogens with zero attached hydrogens (tertiary/aromatic N) is 3. The molecule has 9 nitrogen and oxygen atoms in total. The Hall–Kier alpha value is -3.44. The summed E-state index contributed by atoms with van der Waals surface area (Å²) in [7, 11) is -4.08. The minimum Gasteiger partial charge on any atom is -0.507 e. The number of rotatable bonds is 6. The molecule has 2 aromatic rings. The smallest absolute Gasteiger partial charge is 0.284 e. The van der Waals surface area contributed by atoms with Crippen molar-refractivity contribution in [2.45, 2.75) is 11.8 Å². The summed E-state index contributed by atoms with van der Waals surface area (Å²) >= 11 is 0.789. The molecule has 0 aromatic heterocycles. The van der Waals surface area contributed by atoms with Crippen molar-refractivity contribution in [2.75, 3.05) is 6.54 Å². The van der Waals surface area contributed by atoms with Crippen molar-refractivity contribution in [2.24, 2.45) is 4.40 Å². The van der Waals surface area contributed by atoms with E-state index in [4.69, 9.17) is 0 Å².